The van der Waals surface area contributed by atoms with Crippen LogP contribution in [0.15, 0.2) is 0 Å². The highest BCUT2D eigenvalue weighted by Crippen LogP contribution is 2.21. The third-order valence-electron chi connectivity index (χ3n) is 2.44. The standard InChI is InChI=1S/C8H16N2OS/c1-6(7(9)12)10-4-3-8(2,11)5-10/h6,11H,3-5H2,1-2H3,(H2,9,12). The van der Waals surface area contributed by atoms with Gasteiger partial charge in [-0.25, -0.2) is 0 Å². The number of likely N-dealkylation sites (tertiary alicyclic amines) is 1. The summed E-state index contributed by atoms with van der Waals surface area (Å²) in [5.41, 5.74) is 4.96. The minimum atomic E-state index is -0.557. The fraction of sp³-hybridized carbons (Fsp3) is 0.875. The van der Waals surface area contributed by atoms with Gasteiger partial charge in [-0.3, -0.25) is 4.90 Å². The van der Waals surface area contributed by atoms with Crippen LogP contribution in [-0.2, 0) is 0 Å². The summed E-state index contributed by atoms with van der Waals surface area (Å²) in [5, 5.41) is 9.67. The molecule has 0 aromatic carbocycles. The molecule has 1 rings (SSSR count). The molecule has 2 unspecified atom stereocenters. The van der Waals surface area contributed by atoms with Crippen molar-refractivity contribution < 1.29 is 5.11 Å². The van der Waals surface area contributed by atoms with Crippen LogP contribution in [0.1, 0.15) is 20.3 Å². The summed E-state index contributed by atoms with van der Waals surface area (Å²) in [4.78, 5) is 2.62. The van der Waals surface area contributed by atoms with Gasteiger partial charge >= 0.3 is 0 Å². The summed E-state index contributed by atoms with van der Waals surface area (Å²) in [5.74, 6) is 0. The number of rotatable bonds is 2. The Hall–Kier alpha value is -0.190. The Balaban J connectivity index is 2.52. The molecule has 2 atom stereocenters. The molecule has 1 fully saturated rings. The van der Waals surface area contributed by atoms with E-state index in [4.69, 9.17) is 18.0 Å². The highest BCUT2D eigenvalue weighted by atomic mass is 32.1. The minimum absolute atomic E-state index is 0.106. The third-order valence-corrected chi connectivity index (χ3v) is 2.78. The van der Waals surface area contributed by atoms with Crippen molar-refractivity contribution in [3.8, 4) is 0 Å². The fourth-order valence-corrected chi connectivity index (χ4v) is 1.64. The van der Waals surface area contributed by atoms with E-state index in [2.05, 4.69) is 4.90 Å². The lowest BCUT2D eigenvalue weighted by Crippen LogP contribution is -2.42. The average molecular weight is 188 g/mol. The molecular formula is C8H16N2OS. The molecule has 0 spiro atoms. The van der Waals surface area contributed by atoms with Crippen molar-refractivity contribution in [3.05, 3.63) is 0 Å². The summed E-state index contributed by atoms with van der Waals surface area (Å²) < 4.78 is 0. The number of nitrogens with zero attached hydrogens (tertiary/aromatic N) is 1. The van der Waals surface area contributed by atoms with Gasteiger partial charge < -0.3 is 10.8 Å². The second kappa shape index (κ2) is 3.28. The maximum Gasteiger partial charge on any atom is 0.0899 e. The van der Waals surface area contributed by atoms with Crippen LogP contribution in [0.25, 0.3) is 0 Å². The Bertz CT molecular complexity index is 193. The lowest BCUT2D eigenvalue weighted by Gasteiger charge is -2.24. The van der Waals surface area contributed by atoms with Crippen LogP contribution in [0.3, 0.4) is 0 Å². The molecule has 70 valence electrons. The molecule has 3 nitrogen and oxygen atoms in total. The summed E-state index contributed by atoms with van der Waals surface area (Å²) in [7, 11) is 0. The predicted octanol–water partition coefficient (Wildman–Crippen LogP) is 0.118. The number of hydrogen-bond acceptors (Lipinski definition) is 3. The molecule has 0 aliphatic carbocycles. The molecule has 0 radical (unpaired) electrons. The number of β-amino-alcohol motifs (C(OH)–C–C–N with tert-alkyl or cyclic N) is 1. The molecule has 12 heavy (non-hydrogen) atoms. The summed E-state index contributed by atoms with van der Waals surface area (Å²) in [6, 6.07) is 0.106. The van der Waals surface area contributed by atoms with Crippen LogP contribution in [0, 0.1) is 0 Å². The highest BCUT2D eigenvalue weighted by molar-refractivity contribution is 7.80. The van der Waals surface area contributed by atoms with Crippen molar-refractivity contribution in [2.24, 2.45) is 5.73 Å². The van der Waals surface area contributed by atoms with Gasteiger partial charge in [0, 0.05) is 13.1 Å². The zero-order chi connectivity index (χ0) is 9.35. The van der Waals surface area contributed by atoms with Crippen molar-refractivity contribution >= 4 is 17.2 Å². The highest BCUT2D eigenvalue weighted by Gasteiger charge is 2.34. The molecule has 1 heterocycles. The van der Waals surface area contributed by atoms with Gasteiger partial charge in [0.15, 0.2) is 0 Å². The maximum absolute atomic E-state index is 9.67. The van der Waals surface area contributed by atoms with Gasteiger partial charge in [-0.2, -0.15) is 0 Å². The first-order valence-corrected chi connectivity index (χ1v) is 4.59. The molecule has 4 heteroatoms. The van der Waals surface area contributed by atoms with Crippen molar-refractivity contribution in [2.75, 3.05) is 13.1 Å². The molecule has 0 aromatic rings. The van der Waals surface area contributed by atoms with Crippen LogP contribution in [-0.4, -0.2) is 39.7 Å². The van der Waals surface area contributed by atoms with Crippen molar-refractivity contribution in [3.63, 3.8) is 0 Å². The lowest BCUT2D eigenvalue weighted by atomic mass is 10.1. The van der Waals surface area contributed by atoms with E-state index in [0.717, 1.165) is 13.0 Å². The van der Waals surface area contributed by atoms with Gasteiger partial charge in [0.1, 0.15) is 0 Å². The van der Waals surface area contributed by atoms with E-state index in [1.54, 1.807) is 0 Å². The number of hydrogen-bond donors (Lipinski definition) is 2. The van der Waals surface area contributed by atoms with Gasteiger partial charge in [0.05, 0.1) is 16.6 Å². The number of aliphatic hydroxyl groups is 1. The van der Waals surface area contributed by atoms with Crippen molar-refractivity contribution in [1.29, 1.82) is 0 Å². The maximum atomic E-state index is 9.67. The number of nitrogens with two attached hydrogens (primary N) is 1. The minimum Gasteiger partial charge on any atom is -0.392 e. The quantitative estimate of drug-likeness (QED) is 0.604. The van der Waals surface area contributed by atoms with E-state index in [0.29, 0.717) is 11.5 Å². The Labute approximate surface area is 78.5 Å². The first-order valence-electron chi connectivity index (χ1n) is 4.18. The van der Waals surface area contributed by atoms with E-state index >= 15 is 0 Å². The molecule has 0 aromatic heterocycles. The molecule has 1 aliphatic rings. The Morgan fingerprint density at radius 3 is 2.67 bits per heavy atom. The smallest absolute Gasteiger partial charge is 0.0899 e. The molecular weight excluding hydrogens is 172 g/mol. The van der Waals surface area contributed by atoms with E-state index in [-0.39, 0.29) is 6.04 Å². The first-order chi connectivity index (χ1) is 5.42. The van der Waals surface area contributed by atoms with E-state index in [1.165, 1.54) is 0 Å². The monoisotopic (exact) mass is 188 g/mol. The molecule has 0 saturated carbocycles. The summed E-state index contributed by atoms with van der Waals surface area (Å²) >= 11 is 4.88. The number of thiocarbonyl (C=S) groups is 1. The summed E-state index contributed by atoms with van der Waals surface area (Å²) in [6.45, 7) is 5.38. The predicted molar refractivity (Wildman–Crippen MR) is 53.1 cm³/mol. The van der Waals surface area contributed by atoms with Crippen LogP contribution < -0.4 is 5.73 Å². The van der Waals surface area contributed by atoms with Crippen LogP contribution in [0.5, 0.6) is 0 Å². The Kier molecular flexibility index (Phi) is 2.70. The van der Waals surface area contributed by atoms with Gasteiger partial charge in [-0.15, -0.1) is 0 Å². The molecule has 3 N–H and O–H groups in total. The van der Waals surface area contributed by atoms with Gasteiger partial charge in [-0.1, -0.05) is 12.2 Å². The van der Waals surface area contributed by atoms with Crippen LogP contribution in [0.4, 0.5) is 0 Å². The van der Waals surface area contributed by atoms with Crippen LogP contribution >= 0.6 is 12.2 Å². The van der Waals surface area contributed by atoms with E-state index < -0.39 is 5.60 Å². The molecule has 1 aliphatic heterocycles. The van der Waals surface area contributed by atoms with Gasteiger partial charge in [-0.05, 0) is 20.3 Å². The van der Waals surface area contributed by atoms with Crippen molar-refractivity contribution in [2.45, 2.75) is 31.9 Å². The fourth-order valence-electron chi connectivity index (χ4n) is 1.49. The topological polar surface area (TPSA) is 49.5 Å². The van der Waals surface area contributed by atoms with E-state index in [1.807, 2.05) is 13.8 Å². The molecule has 1 saturated heterocycles. The second-order valence-corrected chi connectivity index (χ2v) is 4.27. The molecule has 0 bridgehead atoms. The van der Waals surface area contributed by atoms with Gasteiger partial charge in [0.25, 0.3) is 0 Å². The van der Waals surface area contributed by atoms with Crippen LogP contribution in [0.2, 0.25) is 0 Å². The Morgan fingerprint density at radius 2 is 2.33 bits per heavy atom. The largest absolute Gasteiger partial charge is 0.392 e. The third kappa shape index (κ3) is 2.15. The van der Waals surface area contributed by atoms with E-state index in [9.17, 15) is 5.11 Å². The first kappa shape index (κ1) is 9.89. The zero-order valence-electron chi connectivity index (χ0n) is 7.58. The summed E-state index contributed by atoms with van der Waals surface area (Å²) in [6.07, 6.45) is 0.806. The Morgan fingerprint density at radius 1 is 1.75 bits per heavy atom. The SMILES string of the molecule is CC(C(N)=S)N1CCC(C)(O)C1. The average Bonchev–Trinajstić information content (AvgIpc) is 2.28. The zero-order valence-corrected chi connectivity index (χ0v) is 8.40. The second-order valence-electron chi connectivity index (χ2n) is 3.80. The lowest BCUT2D eigenvalue weighted by molar-refractivity contribution is 0.0672. The van der Waals surface area contributed by atoms with Gasteiger partial charge in [0.2, 0.25) is 0 Å². The normalized spacial score (nSPS) is 33.6. The van der Waals surface area contributed by atoms with Crippen molar-refractivity contribution in [1.82, 2.24) is 4.90 Å². The molecule has 0 amide bonds.